The van der Waals surface area contributed by atoms with Crippen molar-refractivity contribution < 1.29 is 19.4 Å². The number of aliphatic hydroxyl groups is 1. The second-order valence-corrected chi connectivity index (χ2v) is 8.26. The predicted molar refractivity (Wildman–Crippen MR) is 126 cm³/mol. The lowest BCUT2D eigenvalue weighted by molar-refractivity contribution is 0.0526. The summed E-state index contributed by atoms with van der Waals surface area (Å²) in [4.78, 5) is 12.6. The lowest BCUT2D eigenvalue weighted by atomic mass is 9.94. The van der Waals surface area contributed by atoms with Gasteiger partial charge < -0.3 is 14.6 Å². The monoisotopic (exact) mass is 498 g/mol. The fraction of sp³-hybridized carbons (Fsp3) is 0.174. The summed E-state index contributed by atoms with van der Waals surface area (Å²) < 4.78 is 11.1. The molecule has 4 nitrogen and oxygen atoms in total. The van der Waals surface area contributed by atoms with Gasteiger partial charge in [0.25, 0.3) is 0 Å². The molecule has 0 atom stereocenters. The largest absolute Gasteiger partial charge is 0.490 e. The van der Waals surface area contributed by atoms with E-state index in [9.17, 15) is 9.90 Å². The Bertz CT molecular complexity index is 1000. The third-order valence-electron chi connectivity index (χ3n) is 4.28. The van der Waals surface area contributed by atoms with Crippen molar-refractivity contribution in [2.24, 2.45) is 0 Å². The van der Waals surface area contributed by atoms with Crippen LogP contribution in [0.15, 0.2) is 48.5 Å². The maximum atomic E-state index is 12.6. The smallest absolute Gasteiger partial charge is 0.338 e. The Morgan fingerprint density at radius 3 is 1.65 bits per heavy atom. The van der Waals surface area contributed by atoms with Crippen molar-refractivity contribution in [1.82, 2.24) is 0 Å². The molecule has 0 fully saturated rings. The molecule has 0 saturated carbocycles. The van der Waals surface area contributed by atoms with Gasteiger partial charge >= 0.3 is 5.97 Å². The number of benzene rings is 3. The fourth-order valence-corrected chi connectivity index (χ4v) is 4.16. The fourth-order valence-electron chi connectivity index (χ4n) is 3.11. The van der Waals surface area contributed by atoms with Crippen LogP contribution in [0.3, 0.4) is 0 Å². The minimum Gasteiger partial charge on any atom is -0.490 e. The van der Waals surface area contributed by atoms with Crippen LogP contribution < -0.4 is 4.74 Å². The molecule has 3 aromatic rings. The first-order valence-corrected chi connectivity index (χ1v) is 10.8. The molecule has 3 rings (SSSR count). The van der Waals surface area contributed by atoms with Gasteiger partial charge in [0.2, 0.25) is 0 Å². The highest BCUT2D eigenvalue weighted by molar-refractivity contribution is 6.35. The van der Waals surface area contributed by atoms with Crippen molar-refractivity contribution in [1.29, 1.82) is 0 Å². The van der Waals surface area contributed by atoms with Gasteiger partial charge in [-0.25, -0.2) is 4.79 Å². The molecule has 0 aliphatic rings. The minimum atomic E-state index is -0.500. The highest BCUT2D eigenvalue weighted by Crippen LogP contribution is 2.43. The Morgan fingerprint density at radius 1 is 0.806 bits per heavy atom. The molecule has 3 aromatic carbocycles. The van der Waals surface area contributed by atoms with E-state index in [1.807, 2.05) is 0 Å². The van der Waals surface area contributed by atoms with E-state index in [0.29, 0.717) is 53.7 Å². The highest BCUT2D eigenvalue weighted by Gasteiger charge is 2.20. The number of hydrogen-bond acceptors (Lipinski definition) is 4. The van der Waals surface area contributed by atoms with Crippen LogP contribution in [-0.4, -0.2) is 30.9 Å². The topological polar surface area (TPSA) is 55.8 Å². The van der Waals surface area contributed by atoms with E-state index >= 15 is 0 Å². The zero-order valence-electron chi connectivity index (χ0n) is 16.4. The van der Waals surface area contributed by atoms with Crippen LogP contribution in [0.4, 0.5) is 0 Å². The summed E-state index contributed by atoms with van der Waals surface area (Å²) in [6.07, 6.45) is 0. The van der Waals surface area contributed by atoms with Crippen LogP contribution in [0.25, 0.3) is 22.3 Å². The lowest BCUT2D eigenvalue weighted by Gasteiger charge is -2.19. The molecule has 0 radical (unpaired) electrons. The number of aliphatic hydroxyl groups excluding tert-OH is 1. The second-order valence-electron chi connectivity index (χ2n) is 6.51. The Morgan fingerprint density at radius 2 is 1.26 bits per heavy atom. The third-order valence-corrected chi connectivity index (χ3v) is 5.16. The SMILES string of the molecule is CCOC(=O)c1cc(-c2cc(Cl)cc(Cl)c2)c(OCCO)c(-c2cc(Cl)cc(Cl)c2)c1. The number of halogens is 4. The number of carbonyl (C=O) groups is 1. The van der Waals surface area contributed by atoms with E-state index < -0.39 is 5.97 Å². The van der Waals surface area contributed by atoms with Crippen LogP contribution in [0.2, 0.25) is 20.1 Å². The van der Waals surface area contributed by atoms with Gasteiger partial charge in [0, 0.05) is 31.2 Å². The summed E-state index contributed by atoms with van der Waals surface area (Å²) in [5.41, 5.74) is 2.66. The van der Waals surface area contributed by atoms with Crippen molar-refractivity contribution in [3.63, 3.8) is 0 Å². The summed E-state index contributed by atoms with van der Waals surface area (Å²) in [5.74, 6) is -0.0845. The van der Waals surface area contributed by atoms with Crippen LogP contribution in [0.1, 0.15) is 17.3 Å². The van der Waals surface area contributed by atoms with E-state index in [1.165, 1.54) is 0 Å². The molecule has 0 aliphatic heterocycles. The van der Waals surface area contributed by atoms with Gasteiger partial charge in [0.1, 0.15) is 12.4 Å². The second kappa shape index (κ2) is 10.6. The van der Waals surface area contributed by atoms with Crippen molar-refractivity contribution in [2.75, 3.05) is 19.8 Å². The van der Waals surface area contributed by atoms with Gasteiger partial charge in [-0.2, -0.15) is 0 Å². The predicted octanol–water partition coefficient (Wildman–Crippen LogP) is 7.18. The Kier molecular flexibility index (Phi) is 8.09. The van der Waals surface area contributed by atoms with E-state index in [-0.39, 0.29) is 19.8 Å². The van der Waals surface area contributed by atoms with Crippen LogP contribution in [0.5, 0.6) is 5.75 Å². The zero-order valence-corrected chi connectivity index (χ0v) is 19.4. The standard InChI is InChI=1S/C23H18Cl4O4/c1-2-30-23(29)15-9-20(13-5-16(24)11-17(25)6-13)22(31-4-3-28)21(10-15)14-7-18(26)12-19(27)8-14/h5-12,28H,2-4H2,1H3. The summed E-state index contributed by atoms with van der Waals surface area (Å²) >= 11 is 24.9. The molecule has 162 valence electrons. The maximum Gasteiger partial charge on any atom is 0.338 e. The summed E-state index contributed by atoms with van der Waals surface area (Å²) in [6, 6.07) is 13.3. The average molecular weight is 500 g/mol. The maximum absolute atomic E-state index is 12.6. The molecule has 0 aliphatic carbocycles. The Hall–Kier alpha value is -1.95. The molecule has 1 N–H and O–H groups in total. The van der Waals surface area contributed by atoms with Crippen LogP contribution in [-0.2, 0) is 4.74 Å². The molecule has 0 bridgehead atoms. The molecular formula is C23H18Cl4O4. The van der Waals surface area contributed by atoms with Gasteiger partial charge in [-0.05, 0) is 66.6 Å². The van der Waals surface area contributed by atoms with Gasteiger partial charge in [-0.1, -0.05) is 46.4 Å². The molecule has 0 heterocycles. The summed E-state index contributed by atoms with van der Waals surface area (Å²) in [6.45, 7) is 1.77. The van der Waals surface area contributed by atoms with Gasteiger partial charge in [0.05, 0.1) is 18.8 Å². The van der Waals surface area contributed by atoms with E-state index in [4.69, 9.17) is 55.9 Å². The number of hydrogen-bond donors (Lipinski definition) is 1. The molecule has 31 heavy (non-hydrogen) atoms. The van der Waals surface area contributed by atoms with Crippen molar-refractivity contribution in [3.05, 3.63) is 74.2 Å². The van der Waals surface area contributed by atoms with Crippen molar-refractivity contribution in [3.8, 4) is 28.0 Å². The lowest BCUT2D eigenvalue weighted by Crippen LogP contribution is -2.08. The minimum absolute atomic E-state index is 0.0291. The van der Waals surface area contributed by atoms with Crippen LogP contribution >= 0.6 is 46.4 Å². The molecule has 0 amide bonds. The van der Waals surface area contributed by atoms with Gasteiger partial charge in [-0.3, -0.25) is 0 Å². The Labute approximate surface area is 200 Å². The first-order chi connectivity index (χ1) is 14.8. The van der Waals surface area contributed by atoms with E-state index in [1.54, 1.807) is 55.5 Å². The van der Waals surface area contributed by atoms with Gasteiger partial charge in [-0.15, -0.1) is 0 Å². The summed E-state index contributed by atoms with van der Waals surface area (Å²) in [5, 5.41) is 11.0. The van der Waals surface area contributed by atoms with Crippen LogP contribution in [0, 0.1) is 0 Å². The zero-order chi connectivity index (χ0) is 22.5. The third kappa shape index (κ3) is 5.85. The molecule has 0 spiro atoms. The number of rotatable bonds is 7. The first kappa shape index (κ1) is 23.7. The molecule has 0 saturated heterocycles. The quantitative estimate of drug-likeness (QED) is 0.349. The highest BCUT2D eigenvalue weighted by atomic mass is 35.5. The normalized spacial score (nSPS) is 10.8. The average Bonchev–Trinajstić information content (AvgIpc) is 2.70. The summed E-state index contributed by atoms with van der Waals surface area (Å²) in [7, 11) is 0. The van der Waals surface area contributed by atoms with E-state index in [2.05, 4.69) is 0 Å². The molecule has 0 unspecified atom stereocenters. The molecule has 0 aromatic heterocycles. The van der Waals surface area contributed by atoms with Crippen molar-refractivity contribution in [2.45, 2.75) is 6.92 Å². The molecular weight excluding hydrogens is 482 g/mol. The number of esters is 1. The first-order valence-electron chi connectivity index (χ1n) is 9.34. The Balaban J connectivity index is 2.35. The van der Waals surface area contributed by atoms with E-state index in [0.717, 1.165) is 0 Å². The number of ether oxygens (including phenoxy) is 2. The van der Waals surface area contributed by atoms with Crippen molar-refractivity contribution >= 4 is 52.4 Å². The number of carbonyl (C=O) groups excluding carboxylic acids is 1. The molecule has 8 heteroatoms. The van der Waals surface area contributed by atoms with Gasteiger partial charge in [0.15, 0.2) is 0 Å².